The summed E-state index contributed by atoms with van der Waals surface area (Å²) in [5, 5.41) is 5.12. The zero-order valence-electron chi connectivity index (χ0n) is 11.6. The zero-order valence-corrected chi connectivity index (χ0v) is 11.6. The number of aromatic nitrogens is 2. The Labute approximate surface area is 119 Å². The van der Waals surface area contributed by atoms with Gasteiger partial charge in [0.1, 0.15) is 0 Å². The summed E-state index contributed by atoms with van der Waals surface area (Å²) in [6.07, 6.45) is 0. The molecule has 0 aliphatic carbocycles. The third-order valence-electron chi connectivity index (χ3n) is 3.55. The van der Waals surface area contributed by atoms with E-state index in [2.05, 4.69) is 10.3 Å². The summed E-state index contributed by atoms with van der Waals surface area (Å²) in [4.78, 5) is 24.1. The van der Waals surface area contributed by atoms with Crippen molar-refractivity contribution in [2.45, 2.75) is 19.8 Å². The molecule has 2 N–H and O–H groups in total. The van der Waals surface area contributed by atoms with Gasteiger partial charge in [0.25, 0.3) is 0 Å². The van der Waals surface area contributed by atoms with E-state index in [-0.39, 0.29) is 0 Å². The van der Waals surface area contributed by atoms with Crippen molar-refractivity contribution in [3.8, 4) is 0 Å². The monoisotopic (exact) mass is 286 g/mol. The molecule has 0 spiro atoms. The van der Waals surface area contributed by atoms with Crippen LogP contribution in [-0.4, -0.2) is 10.3 Å². The van der Waals surface area contributed by atoms with E-state index in [1.165, 1.54) is 0 Å². The molecule has 108 valence electrons. The average molecular weight is 286 g/mol. The van der Waals surface area contributed by atoms with Crippen molar-refractivity contribution >= 4 is 0 Å². The fourth-order valence-electron chi connectivity index (χ4n) is 2.56. The molecule has 2 aromatic heterocycles. The lowest BCUT2D eigenvalue weighted by atomic mass is 9.85. The van der Waals surface area contributed by atoms with Crippen LogP contribution in [0.1, 0.15) is 34.0 Å². The first-order valence-corrected chi connectivity index (χ1v) is 6.50. The normalized spacial score (nSPS) is 11.2. The van der Waals surface area contributed by atoms with E-state index in [9.17, 15) is 9.59 Å². The summed E-state index contributed by atoms with van der Waals surface area (Å²) in [5.41, 5.74) is 1.86. The number of benzene rings is 1. The molecule has 0 radical (unpaired) electrons. The summed E-state index contributed by atoms with van der Waals surface area (Å²) in [6, 6.07) is 9.31. The first kappa shape index (κ1) is 13.2. The third kappa shape index (κ3) is 2.14. The van der Waals surface area contributed by atoms with Gasteiger partial charge in [0.05, 0.1) is 28.4 Å². The number of aromatic amines is 2. The highest BCUT2D eigenvalue weighted by atomic mass is 16.5. The SMILES string of the molecule is Cc1[nH]oc(=O)c1C(c1ccccc1)c1c(C)[nH]oc1=O. The number of nitrogens with one attached hydrogen (secondary N) is 2. The largest absolute Gasteiger partial charge is 0.361 e. The van der Waals surface area contributed by atoms with E-state index >= 15 is 0 Å². The molecule has 0 atom stereocenters. The second-order valence-corrected chi connectivity index (χ2v) is 4.90. The van der Waals surface area contributed by atoms with Crippen molar-refractivity contribution < 1.29 is 9.05 Å². The molecule has 3 rings (SSSR count). The molecule has 3 aromatic rings. The summed E-state index contributed by atoms with van der Waals surface area (Å²) in [7, 11) is 0. The molecule has 0 amide bonds. The lowest BCUT2D eigenvalue weighted by Gasteiger charge is -2.14. The summed E-state index contributed by atoms with van der Waals surface area (Å²) in [5.74, 6) is -0.531. The molecule has 21 heavy (non-hydrogen) atoms. The van der Waals surface area contributed by atoms with E-state index in [0.717, 1.165) is 5.56 Å². The molecule has 0 bridgehead atoms. The van der Waals surface area contributed by atoms with E-state index < -0.39 is 17.2 Å². The number of aryl methyl sites for hydroxylation is 2. The number of rotatable bonds is 3. The maximum Gasteiger partial charge on any atom is 0.361 e. The minimum Gasteiger partial charge on any atom is -0.339 e. The highest BCUT2D eigenvalue weighted by molar-refractivity contribution is 5.43. The molecule has 1 aromatic carbocycles. The Morgan fingerprint density at radius 3 is 1.71 bits per heavy atom. The molecule has 6 nitrogen and oxygen atoms in total. The van der Waals surface area contributed by atoms with Crippen molar-refractivity contribution in [1.29, 1.82) is 0 Å². The van der Waals surface area contributed by atoms with Gasteiger partial charge < -0.3 is 9.05 Å². The zero-order chi connectivity index (χ0) is 15.0. The predicted molar refractivity (Wildman–Crippen MR) is 75.5 cm³/mol. The van der Waals surface area contributed by atoms with Gasteiger partial charge in [0.2, 0.25) is 0 Å². The Balaban J connectivity index is 2.32. The summed E-state index contributed by atoms with van der Waals surface area (Å²) in [6.45, 7) is 3.47. The second kappa shape index (κ2) is 4.97. The molecule has 6 heteroatoms. The van der Waals surface area contributed by atoms with Crippen molar-refractivity contribution in [2.24, 2.45) is 0 Å². The fraction of sp³-hybridized carbons (Fsp3) is 0.200. The van der Waals surface area contributed by atoms with Crippen LogP contribution in [0.5, 0.6) is 0 Å². The van der Waals surface area contributed by atoms with Crippen LogP contribution < -0.4 is 11.3 Å². The maximum atomic E-state index is 12.0. The Morgan fingerprint density at radius 1 is 0.857 bits per heavy atom. The molecule has 0 saturated carbocycles. The number of hydrogen-bond acceptors (Lipinski definition) is 4. The van der Waals surface area contributed by atoms with Crippen LogP contribution in [0.15, 0.2) is 49.0 Å². The number of hydrogen-bond donors (Lipinski definition) is 2. The summed E-state index contributed by atoms with van der Waals surface area (Å²) >= 11 is 0. The first-order chi connectivity index (χ1) is 10.1. The maximum absolute atomic E-state index is 12.0. The van der Waals surface area contributed by atoms with Crippen LogP contribution in [0, 0.1) is 13.8 Å². The van der Waals surface area contributed by atoms with E-state index in [0.29, 0.717) is 22.5 Å². The van der Waals surface area contributed by atoms with E-state index in [4.69, 9.17) is 9.05 Å². The van der Waals surface area contributed by atoms with Gasteiger partial charge in [-0.2, -0.15) is 0 Å². The Kier molecular flexibility index (Phi) is 3.13. The Hall–Kier alpha value is -2.76. The van der Waals surface area contributed by atoms with Gasteiger partial charge >= 0.3 is 11.3 Å². The highest BCUT2D eigenvalue weighted by Crippen LogP contribution is 2.31. The average Bonchev–Trinajstić information content (AvgIpc) is 2.98. The minimum atomic E-state index is -0.531. The standard InChI is InChI=1S/C15H14N2O4/c1-8-11(14(18)20-16-8)13(10-6-4-3-5-7-10)12-9(2)17-21-15(12)19/h3-7,13,16-17H,1-2H3. The minimum absolute atomic E-state index is 0.413. The quantitative estimate of drug-likeness (QED) is 0.770. The van der Waals surface area contributed by atoms with Gasteiger partial charge in [-0.25, -0.2) is 19.9 Å². The van der Waals surface area contributed by atoms with E-state index in [1.54, 1.807) is 13.8 Å². The third-order valence-corrected chi connectivity index (χ3v) is 3.55. The van der Waals surface area contributed by atoms with Crippen molar-refractivity contribution in [3.63, 3.8) is 0 Å². The van der Waals surface area contributed by atoms with Gasteiger partial charge in [-0.1, -0.05) is 30.3 Å². The van der Waals surface area contributed by atoms with Crippen LogP contribution in [0.3, 0.4) is 0 Å². The fourth-order valence-corrected chi connectivity index (χ4v) is 2.56. The molecular weight excluding hydrogens is 272 g/mol. The van der Waals surface area contributed by atoms with Crippen molar-refractivity contribution in [2.75, 3.05) is 0 Å². The van der Waals surface area contributed by atoms with Crippen molar-refractivity contribution in [3.05, 3.63) is 79.3 Å². The molecule has 0 fully saturated rings. The smallest absolute Gasteiger partial charge is 0.339 e. The van der Waals surface area contributed by atoms with Crippen molar-refractivity contribution in [1.82, 2.24) is 10.3 Å². The van der Waals surface area contributed by atoms with Crippen LogP contribution in [0.25, 0.3) is 0 Å². The molecule has 0 unspecified atom stereocenters. The molecule has 0 saturated heterocycles. The van der Waals surface area contributed by atoms with Gasteiger partial charge in [0, 0.05) is 0 Å². The van der Waals surface area contributed by atoms with Crippen LogP contribution >= 0.6 is 0 Å². The van der Waals surface area contributed by atoms with Gasteiger partial charge in [0.15, 0.2) is 0 Å². The van der Waals surface area contributed by atoms with Crippen LogP contribution in [0.4, 0.5) is 0 Å². The summed E-state index contributed by atoms with van der Waals surface area (Å²) < 4.78 is 9.70. The Bertz CT molecular complexity index is 813. The van der Waals surface area contributed by atoms with Crippen LogP contribution in [-0.2, 0) is 0 Å². The lowest BCUT2D eigenvalue weighted by molar-refractivity contribution is 0.384. The molecular formula is C15H14N2O4. The Morgan fingerprint density at radius 2 is 1.33 bits per heavy atom. The molecule has 2 heterocycles. The second-order valence-electron chi connectivity index (χ2n) is 4.90. The first-order valence-electron chi connectivity index (χ1n) is 6.50. The molecule has 0 aliphatic heterocycles. The molecule has 0 aliphatic rings. The predicted octanol–water partition coefficient (Wildman–Crippen LogP) is 2.05. The van der Waals surface area contributed by atoms with Gasteiger partial charge in [-0.15, -0.1) is 0 Å². The van der Waals surface area contributed by atoms with E-state index in [1.807, 2.05) is 30.3 Å². The highest BCUT2D eigenvalue weighted by Gasteiger charge is 2.29. The number of H-pyrrole nitrogens is 2. The lowest BCUT2D eigenvalue weighted by Crippen LogP contribution is -2.18. The van der Waals surface area contributed by atoms with Gasteiger partial charge in [-0.3, -0.25) is 0 Å². The van der Waals surface area contributed by atoms with Crippen LogP contribution in [0.2, 0.25) is 0 Å². The van der Waals surface area contributed by atoms with Gasteiger partial charge in [-0.05, 0) is 19.4 Å². The topological polar surface area (TPSA) is 92.0 Å².